The zero-order valence-electron chi connectivity index (χ0n) is 10.4. The molecule has 0 fully saturated rings. The number of rotatable bonds is 3. The van der Waals surface area contributed by atoms with Crippen LogP contribution < -0.4 is 5.32 Å². The summed E-state index contributed by atoms with van der Waals surface area (Å²) in [4.78, 5) is 4.46. The summed E-state index contributed by atoms with van der Waals surface area (Å²) in [5.74, 6) is 1.04. The molecular weight excluding hydrogens is 242 g/mol. The van der Waals surface area contributed by atoms with Crippen molar-refractivity contribution < 1.29 is 0 Å². The molecule has 2 aromatic heterocycles. The summed E-state index contributed by atoms with van der Waals surface area (Å²) < 4.78 is 3.40. The lowest BCUT2D eigenvalue weighted by Crippen LogP contribution is -2.21. The molecule has 0 radical (unpaired) electrons. The minimum absolute atomic E-state index is 0.132. The van der Waals surface area contributed by atoms with Crippen molar-refractivity contribution in [3.05, 3.63) is 53.4 Å². The lowest BCUT2D eigenvalue weighted by molar-refractivity contribution is 0.621. The molecule has 0 bridgehead atoms. The van der Waals surface area contributed by atoms with Gasteiger partial charge in [-0.2, -0.15) is 0 Å². The number of hydrogen-bond acceptors (Lipinski definition) is 3. The van der Waals surface area contributed by atoms with Crippen LogP contribution in [0.25, 0.3) is 10.1 Å². The Bertz CT molecular complexity index is 668. The van der Waals surface area contributed by atoms with Crippen LogP contribution in [0.3, 0.4) is 0 Å². The minimum Gasteiger partial charge on any atom is -0.336 e. The van der Waals surface area contributed by atoms with Crippen molar-refractivity contribution in [1.29, 1.82) is 0 Å². The molecule has 3 nitrogen and oxygen atoms in total. The van der Waals surface area contributed by atoms with Gasteiger partial charge in [-0.1, -0.05) is 18.2 Å². The first kappa shape index (κ1) is 11.4. The van der Waals surface area contributed by atoms with E-state index in [1.165, 1.54) is 15.6 Å². The lowest BCUT2D eigenvalue weighted by Gasteiger charge is -2.17. The highest BCUT2D eigenvalue weighted by Gasteiger charge is 2.18. The van der Waals surface area contributed by atoms with E-state index in [9.17, 15) is 0 Å². The standard InChI is InChI=1S/C14H15N3S/c1-15-12(14-16-7-8-17(14)2)11-5-3-4-10-6-9-18-13(10)11/h3-9,12,15H,1-2H3. The molecule has 0 spiro atoms. The molecule has 3 aromatic rings. The van der Waals surface area contributed by atoms with Gasteiger partial charge in [-0.15, -0.1) is 11.3 Å². The molecular formula is C14H15N3S. The number of nitrogens with one attached hydrogen (secondary N) is 1. The van der Waals surface area contributed by atoms with Crippen LogP contribution in [-0.4, -0.2) is 16.6 Å². The number of hydrogen-bond donors (Lipinski definition) is 1. The van der Waals surface area contributed by atoms with Gasteiger partial charge >= 0.3 is 0 Å². The Kier molecular flexibility index (Phi) is 2.89. The Labute approximate surface area is 110 Å². The van der Waals surface area contributed by atoms with E-state index >= 15 is 0 Å². The van der Waals surface area contributed by atoms with Gasteiger partial charge in [-0.05, 0) is 29.4 Å². The number of benzene rings is 1. The maximum atomic E-state index is 4.46. The number of fused-ring (bicyclic) bond motifs is 1. The normalized spacial score (nSPS) is 13.0. The van der Waals surface area contributed by atoms with Gasteiger partial charge in [0.1, 0.15) is 5.82 Å². The van der Waals surface area contributed by atoms with Crippen molar-refractivity contribution in [3.63, 3.8) is 0 Å². The molecule has 0 aliphatic carbocycles. The highest BCUT2D eigenvalue weighted by Crippen LogP contribution is 2.31. The van der Waals surface area contributed by atoms with E-state index in [0.29, 0.717) is 0 Å². The van der Waals surface area contributed by atoms with Crippen molar-refractivity contribution in [3.8, 4) is 0 Å². The first-order chi connectivity index (χ1) is 8.81. The number of nitrogens with zero attached hydrogens (tertiary/aromatic N) is 2. The molecule has 4 heteroatoms. The van der Waals surface area contributed by atoms with E-state index in [1.54, 1.807) is 11.3 Å². The second-order valence-electron chi connectivity index (χ2n) is 4.30. The zero-order chi connectivity index (χ0) is 12.5. The van der Waals surface area contributed by atoms with Gasteiger partial charge in [0.05, 0.1) is 6.04 Å². The van der Waals surface area contributed by atoms with Crippen molar-refractivity contribution in [1.82, 2.24) is 14.9 Å². The van der Waals surface area contributed by atoms with Crippen LogP contribution in [0.4, 0.5) is 0 Å². The number of imidazole rings is 1. The third kappa shape index (κ3) is 1.74. The monoisotopic (exact) mass is 257 g/mol. The zero-order valence-corrected chi connectivity index (χ0v) is 11.2. The van der Waals surface area contributed by atoms with Crippen molar-refractivity contribution >= 4 is 21.4 Å². The predicted octanol–water partition coefficient (Wildman–Crippen LogP) is 2.94. The SMILES string of the molecule is CNC(c1cccc2ccsc12)c1nccn1C. The van der Waals surface area contributed by atoms with E-state index in [1.807, 2.05) is 26.5 Å². The second kappa shape index (κ2) is 4.55. The van der Waals surface area contributed by atoms with Gasteiger partial charge in [-0.25, -0.2) is 4.98 Å². The van der Waals surface area contributed by atoms with E-state index in [2.05, 4.69) is 44.5 Å². The van der Waals surface area contributed by atoms with E-state index in [4.69, 9.17) is 0 Å². The fourth-order valence-electron chi connectivity index (χ4n) is 2.32. The van der Waals surface area contributed by atoms with Crippen LogP contribution >= 0.6 is 11.3 Å². The van der Waals surface area contributed by atoms with Crippen LogP contribution in [0.15, 0.2) is 42.0 Å². The van der Waals surface area contributed by atoms with Gasteiger partial charge in [0.2, 0.25) is 0 Å². The van der Waals surface area contributed by atoms with Gasteiger partial charge in [-0.3, -0.25) is 0 Å². The van der Waals surface area contributed by atoms with Crippen molar-refractivity contribution in [2.24, 2.45) is 7.05 Å². The Morgan fingerprint density at radius 3 is 2.94 bits per heavy atom. The highest BCUT2D eigenvalue weighted by molar-refractivity contribution is 7.17. The number of aromatic nitrogens is 2. The molecule has 1 N–H and O–H groups in total. The molecule has 3 rings (SSSR count). The van der Waals surface area contributed by atoms with Crippen LogP contribution in [0.2, 0.25) is 0 Å². The van der Waals surface area contributed by atoms with Crippen LogP contribution in [0, 0.1) is 0 Å². The summed E-state index contributed by atoms with van der Waals surface area (Å²) >= 11 is 1.78. The van der Waals surface area contributed by atoms with Crippen LogP contribution in [0.1, 0.15) is 17.4 Å². The van der Waals surface area contributed by atoms with E-state index < -0.39 is 0 Å². The molecule has 18 heavy (non-hydrogen) atoms. The maximum absolute atomic E-state index is 4.46. The molecule has 0 aliphatic heterocycles. The van der Waals surface area contributed by atoms with Crippen molar-refractivity contribution in [2.45, 2.75) is 6.04 Å². The quantitative estimate of drug-likeness (QED) is 0.782. The van der Waals surface area contributed by atoms with E-state index in [-0.39, 0.29) is 6.04 Å². The summed E-state index contributed by atoms with van der Waals surface area (Å²) in [6, 6.07) is 8.73. The average Bonchev–Trinajstić information content (AvgIpc) is 3.00. The summed E-state index contributed by atoms with van der Waals surface area (Å²) in [5.41, 5.74) is 1.29. The summed E-state index contributed by atoms with van der Waals surface area (Å²) in [6.45, 7) is 0. The molecule has 92 valence electrons. The minimum atomic E-state index is 0.132. The second-order valence-corrected chi connectivity index (χ2v) is 5.22. The van der Waals surface area contributed by atoms with Gasteiger partial charge in [0.15, 0.2) is 0 Å². The molecule has 1 unspecified atom stereocenters. The lowest BCUT2D eigenvalue weighted by atomic mass is 10.0. The van der Waals surface area contributed by atoms with Crippen LogP contribution in [-0.2, 0) is 7.05 Å². The molecule has 0 amide bonds. The smallest absolute Gasteiger partial charge is 0.130 e. The fourth-order valence-corrected chi connectivity index (χ4v) is 3.27. The summed E-state index contributed by atoms with van der Waals surface area (Å²) in [6.07, 6.45) is 3.82. The Balaban J connectivity index is 2.17. The molecule has 1 atom stereocenters. The van der Waals surface area contributed by atoms with Crippen LogP contribution in [0.5, 0.6) is 0 Å². The first-order valence-corrected chi connectivity index (χ1v) is 6.80. The Morgan fingerprint density at radius 1 is 1.33 bits per heavy atom. The fraction of sp³-hybridized carbons (Fsp3) is 0.214. The molecule has 0 aliphatic rings. The van der Waals surface area contributed by atoms with Gasteiger partial charge in [0, 0.05) is 24.1 Å². The van der Waals surface area contributed by atoms with E-state index in [0.717, 1.165) is 5.82 Å². The molecule has 2 heterocycles. The summed E-state index contributed by atoms with van der Waals surface area (Å²) in [7, 11) is 4.01. The molecule has 0 saturated heterocycles. The molecule has 0 saturated carbocycles. The number of aryl methyl sites for hydroxylation is 1. The van der Waals surface area contributed by atoms with Gasteiger partial charge < -0.3 is 9.88 Å². The highest BCUT2D eigenvalue weighted by atomic mass is 32.1. The van der Waals surface area contributed by atoms with Gasteiger partial charge in [0.25, 0.3) is 0 Å². The molecule has 1 aromatic carbocycles. The maximum Gasteiger partial charge on any atom is 0.130 e. The largest absolute Gasteiger partial charge is 0.336 e. The summed E-state index contributed by atoms with van der Waals surface area (Å²) in [5, 5.41) is 6.80. The average molecular weight is 257 g/mol. The number of thiophene rings is 1. The predicted molar refractivity (Wildman–Crippen MR) is 75.9 cm³/mol. The first-order valence-electron chi connectivity index (χ1n) is 5.92. The Morgan fingerprint density at radius 2 is 2.22 bits per heavy atom. The van der Waals surface area contributed by atoms with Crippen molar-refractivity contribution in [2.75, 3.05) is 7.05 Å². The Hall–Kier alpha value is -1.65. The third-order valence-corrected chi connectivity index (χ3v) is 4.21. The third-order valence-electron chi connectivity index (χ3n) is 3.23. The topological polar surface area (TPSA) is 29.9 Å².